The average molecular weight is 746 g/mol. The van der Waals surface area contributed by atoms with E-state index < -0.39 is 11.9 Å². The van der Waals surface area contributed by atoms with E-state index in [-0.39, 0.29) is 35.3 Å². The summed E-state index contributed by atoms with van der Waals surface area (Å²) >= 11 is 11.9. The third-order valence-corrected chi connectivity index (χ3v) is 10.6. The lowest BCUT2D eigenvalue weighted by atomic mass is 9.97. The Morgan fingerprint density at radius 2 is 0.981 bits per heavy atom. The van der Waals surface area contributed by atoms with Crippen LogP contribution in [-0.4, -0.2) is 41.3 Å². The van der Waals surface area contributed by atoms with E-state index in [9.17, 15) is 28.6 Å². The fraction of sp³-hybridized carbons (Fsp3) is 0.300. The smallest absolute Gasteiger partial charge is 0.303 e. The first-order valence-electron chi connectivity index (χ1n) is 17.1. The Bertz CT molecular complexity index is 2120. The Kier molecular flexibility index (Phi) is 9.80. The highest BCUT2D eigenvalue weighted by atomic mass is 35.5. The van der Waals surface area contributed by atoms with Gasteiger partial charge in [-0.3, -0.25) is 9.59 Å². The molecule has 6 aromatic rings. The quantitative estimate of drug-likeness (QED) is 0.129. The van der Waals surface area contributed by atoms with Crippen LogP contribution in [0.2, 0.25) is 10.0 Å². The molecule has 0 aliphatic heterocycles. The lowest BCUT2D eigenvalue weighted by Gasteiger charge is -2.15. The highest BCUT2D eigenvalue weighted by Gasteiger charge is 2.46. The Labute approximate surface area is 308 Å². The fourth-order valence-corrected chi connectivity index (χ4v) is 7.22. The van der Waals surface area contributed by atoms with Gasteiger partial charge in [-0.05, 0) is 96.2 Å². The molecule has 4 aromatic carbocycles. The van der Waals surface area contributed by atoms with Gasteiger partial charge >= 0.3 is 11.9 Å². The minimum atomic E-state index is -0.783. The number of nitrogens with zero attached hydrogens (tertiary/aromatic N) is 4. The molecule has 0 bridgehead atoms. The van der Waals surface area contributed by atoms with Gasteiger partial charge in [0.2, 0.25) is 0 Å². The molecule has 0 unspecified atom stereocenters. The Hall–Kier alpha value is -4.80. The van der Waals surface area contributed by atoms with E-state index in [2.05, 4.69) is 19.1 Å². The first-order valence-corrected chi connectivity index (χ1v) is 17.9. The molecule has 0 spiro atoms. The molecule has 2 heterocycles. The molecule has 2 aliphatic rings. The van der Waals surface area contributed by atoms with E-state index in [1.807, 2.05) is 48.5 Å². The second kappa shape index (κ2) is 14.3. The van der Waals surface area contributed by atoms with Crippen molar-refractivity contribution in [2.75, 3.05) is 0 Å². The molecule has 2 fully saturated rings. The molecule has 2 aliphatic carbocycles. The van der Waals surface area contributed by atoms with Crippen LogP contribution < -0.4 is 0 Å². The number of halogens is 4. The fourth-order valence-electron chi connectivity index (χ4n) is 6.97. The summed E-state index contributed by atoms with van der Waals surface area (Å²) in [6.45, 7) is 1.16. The molecule has 52 heavy (non-hydrogen) atoms. The molecule has 268 valence electrons. The maximum absolute atomic E-state index is 13.6. The zero-order valence-corrected chi connectivity index (χ0v) is 29.7. The molecule has 2 aromatic heterocycles. The minimum Gasteiger partial charge on any atom is -0.481 e. The summed E-state index contributed by atoms with van der Waals surface area (Å²) in [4.78, 5) is 31.6. The second-order valence-corrected chi connectivity index (χ2v) is 15.1. The summed E-state index contributed by atoms with van der Waals surface area (Å²) in [5.41, 5.74) is 4.57. The predicted molar refractivity (Wildman–Crippen MR) is 196 cm³/mol. The van der Waals surface area contributed by atoms with Crippen LogP contribution in [0.4, 0.5) is 8.78 Å². The van der Waals surface area contributed by atoms with Gasteiger partial charge in [0.25, 0.3) is 0 Å². The van der Waals surface area contributed by atoms with Gasteiger partial charge in [0.15, 0.2) is 0 Å². The number of hydrogen-bond acceptors (Lipinski definition) is 4. The van der Waals surface area contributed by atoms with E-state index in [0.717, 1.165) is 59.5 Å². The highest BCUT2D eigenvalue weighted by Crippen LogP contribution is 2.52. The van der Waals surface area contributed by atoms with Crippen molar-refractivity contribution in [3.8, 4) is 0 Å². The molecular weight excluding hydrogens is 709 g/mol. The van der Waals surface area contributed by atoms with Crippen molar-refractivity contribution >= 4 is 57.2 Å². The predicted octanol–water partition coefficient (Wildman–Crippen LogP) is 9.35. The zero-order valence-electron chi connectivity index (χ0n) is 28.2. The third kappa shape index (κ3) is 8.29. The van der Waals surface area contributed by atoms with E-state index in [4.69, 9.17) is 23.2 Å². The third-order valence-electron chi connectivity index (χ3n) is 10.1. The zero-order chi connectivity index (χ0) is 36.6. The van der Waals surface area contributed by atoms with Crippen molar-refractivity contribution in [2.24, 2.45) is 10.8 Å². The molecule has 2 N–H and O–H groups in total. The normalized spacial score (nSPS) is 15.3. The standard InChI is InChI=1S/2C20H18ClFN2O2/c2*21-14-3-1-13(2-4-14)12-24-17-6-5-15(22)9-16(17)23-18(24)10-20(7-8-20)11-19(25)26/h2*1-6,9H,7-8,10-12H2,(H,25,26). The van der Waals surface area contributed by atoms with Crippen LogP contribution in [-0.2, 0) is 35.5 Å². The van der Waals surface area contributed by atoms with Crippen molar-refractivity contribution in [1.29, 1.82) is 0 Å². The topological polar surface area (TPSA) is 110 Å². The number of fused-ring (bicyclic) bond motifs is 2. The molecule has 0 radical (unpaired) electrons. The summed E-state index contributed by atoms with van der Waals surface area (Å²) in [5, 5.41) is 19.7. The Balaban J connectivity index is 0.000000162. The van der Waals surface area contributed by atoms with Crippen LogP contribution in [0.1, 0.15) is 61.3 Å². The molecular formula is C40H36Cl2F2N4O4. The van der Waals surface area contributed by atoms with E-state index in [1.165, 1.54) is 24.3 Å². The Morgan fingerprint density at radius 1 is 0.615 bits per heavy atom. The number of benzene rings is 4. The first kappa shape index (κ1) is 35.6. The van der Waals surface area contributed by atoms with Crippen LogP contribution in [0.5, 0.6) is 0 Å². The number of hydrogen-bond donors (Lipinski definition) is 2. The minimum absolute atomic E-state index is 0.144. The van der Waals surface area contributed by atoms with Gasteiger partial charge in [0.05, 0.1) is 34.9 Å². The van der Waals surface area contributed by atoms with Gasteiger partial charge in [-0.1, -0.05) is 47.5 Å². The van der Waals surface area contributed by atoms with E-state index >= 15 is 0 Å². The number of aromatic nitrogens is 4. The maximum atomic E-state index is 13.6. The molecule has 0 atom stereocenters. The molecule has 12 heteroatoms. The van der Waals surface area contributed by atoms with E-state index in [0.29, 0.717) is 47.0 Å². The van der Waals surface area contributed by atoms with Crippen LogP contribution in [0.25, 0.3) is 22.1 Å². The number of imidazole rings is 2. The summed E-state index contributed by atoms with van der Waals surface area (Å²) < 4.78 is 31.4. The van der Waals surface area contributed by atoms with Gasteiger partial charge < -0.3 is 19.3 Å². The summed E-state index contributed by atoms with van der Waals surface area (Å²) in [6, 6.07) is 24.3. The Morgan fingerprint density at radius 3 is 1.31 bits per heavy atom. The van der Waals surface area contributed by atoms with Gasteiger partial charge in [-0.15, -0.1) is 0 Å². The number of carboxylic acid groups (broad SMARTS) is 2. The molecule has 8 nitrogen and oxygen atoms in total. The molecule has 2 saturated carbocycles. The number of aliphatic carboxylic acids is 2. The van der Waals surface area contributed by atoms with Crippen molar-refractivity contribution in [3.05, 3.63) is 129 Å². The lowest BCUT2D eigenvalue weighted by molar-refractivity contribution is -0.139. The van der Waals surface area contributed by atoms with Crippen molar-refractivity contribution in [2.45, 2.75) is 64.5 Å². The highest BCUT2D eigenvalue weighted by molar-refractivity contribution is 6.30. The lowest BCUT2D eigenvalue weighted by Crippen LogP contribution is -2.15. The number of rotatable bonds is 12. The number of carbonyl (C=O) groups is 2. The SMILES string of the molecule is O=C(O)CC1(Cc2nc3cc(F)ccc3n2Cc2ccc(Cl)cc2)CC1.O=C(O)CC1(Cc2nc3cc(F)ccc3n2Cc2ccc(Cl)cc2)CC1. The van der Waals surface area contributed by atoms with Crippen LogP contribution in [0, 0.1) is 22.5 Å². The van der Waals surface area contributed by atoms with Crippen LogP contribution in [0.3, 0.4) is 0 Å². The van der Waals surface area contributed by atoms with Gasteiger partial charge in [0.1, 0.15) is 23.3 Å². The average Bonchev–Trinajstić information content (AvgIpc) is 3.97. The van der Waals surface area contributed by atoms with Gasteiger partial charge in [-0.25, -0.2) is 18.7 Å². The summed E-state index contributed by atoms with van der Waals surface area (Å²) in [6.07, 6.45) is 5.01. The second-order valence-electron chi connectivity index (χ2n) is 14.2. The monoisotopic (exact) mass is 744 g/mol. The van der Waals surface area contributed by atoms with Crippen molar-refractivity contribution in [1.82, 2.24) is 19.1 Å². The molecule has 0 amide bonds. The first-order chi connectivity index (χ1) is 24.9. The van der Waals surface area contributed by atoms with E-state index in [1.54, 1.807) is 12.1 Å². The molecule has 8 rings (SSSR count). The van der Waals surface area contributed by atoms with Crippen LogP contribution in [0.15, 0.2) is 84.9 Å². The van der Waals surface area contributed by atoms with Crippen molar-refractivity contribution < 1.29 is 28.6 Å². The number of carboxylic acids is 2. The summed E-state index contributed by atoms with van der Waals surface area (Å²) in [5.74, 6) is -0.611. The summed E-state index contributed by atoms with van der Waals surface area (Å²) in [7, 11) is 0. The molecule has 0 saturated heterocycles. The van der Waals surface area contributed by atoms with Gasteiger partial charge in [-0.2, -0.15) is 0 Å². The van der Waals surface area contributed by atoms with Crippen molar-refractivity contribution in [3.63, 3.8) is 0 Å². The van der Waals surface area contributed by atoms with Gasteiger partial charge in [0, 0.05) is 48.1 Å². The maximum Gasteiger partial charge on any atom is 0.303 e. The largest absolute Gasteiger partial charge is 0.481 e. The van der Waals surface area contributed by atoms with Crippen LogP contribution >= 0.6 is 23.2 Å².